The molecule has 15 heavy (non-hydrogen) atoms. The Morgan fingerprint density at radius 2 is 2.40 bits per heavy atom. The third kappa shape index (κ3) is 2.08. The van der Waals surface area contributed by atoms with Crippen LogP contribution in [0.1, 0.15) is 17.7 Å². The molecule has 4 heteroatoms. The zero-order chi connectivity index (χ0) is 10.8. The maximum absolute atomic E-state index is 9.42. The van der Waals surface area contributed by atoms with Crippen LogP contribution in [-0.2, 0) is 0 Å². The molecule has 1 aliphatic heterocycles. The highest BCUT2D eigenvalue weighted by atomic mass is 16.3. The fourth-order valence-electron chi connectivity index (χ4n) is 1.83. The molecule has 78 valence electrons. The summed E-state index contributed by atoms with van der Waals surface area (Å²) in [5.41, 5.74) is 1.46. The van der Waals surface area contributed by atoms with Gasteiger partial charge < -0.3 is 10.0 Å². The molecule has 1 aliphatic rings. The van der Waals surface area contributed by atoms with Crippen LogP contribution in [0.5, 0.6) is 0 Å². The molecule has 0 aromatic carbocycles. The topological polar surface area (TPSA) is 60.2 Å². The fourth-order valence-corrected chi connectivity index (χ4v) is 1.83. The molecule has 0 amide bonds. The number of β-amino-alcohol motifs (C(OH)–C–C–N with tert-alkyl or cyclic N) is 1. The van der Waals surface area contributed by atoms with Crippen LogP contribution in [0.4, 0.5) is 5.82 Å². The normalized spacial score (nSPS) is 20.3. The number of aliphatic hydroxyl groups excluding tert-OH is 1. The van der Waals surface area contributed by atoms with Gasteiger partial charge in [0.2, 0.25) is 0 Å². The van der Waals surface area contributed by atoms with E-state index in [4.69, 9.17) is 5.26 Å². The molecule has 2 rings (SSSR count). The van der Waals surface area contributed by atoms with E-state index < -0.39 is 0 Å². The first-order valence-corrected chi connectivity index (χ1v) is 5.01. The van der Waals surface area contributed by atoms with Crippen LogP contribution < -0.4 is 4.90 Å². The standard InChI is InChI=1S/C11H13N3O/c1-8-4-9(6-12)5-11(13-8)14-3-2-10(15)7-14/h4-5,10,15H,2-3,7H2,1H3/t10-/m1/s1. The van der Waals surface area contributed by atoms with E-state index in [0.29, 0.717) is 12.1 Å². The first kappa shape index (κ1) is 9.94. The van der Waals surface area contributed by atoms with Crippen molar-refractivity contribution in [2.45, 2.75) is 19.4 Å². The van der Waals surface area contributed by atoms with Crippen LogP contribution in [0.2, 0.25) is 0 Å². The molecule has 4 nitrogen and oxygen atoms in total. The zero-order valence-electron chi connectivity index (χ0n) is 8.64. The van der Waals surface area contributed by atoms with Gasteiger partial charge in [0, 0.05) is 18.8 Å². The van der Waals surface area contributed by atoms with Gasteiger partial charge in [-0.25, -0.2) is 4.98 Å². The lowest BCUT2D eigenvalue weighted by Crippen LogP contribution is -2.22. The largest absolute Gasteiger partial charge is 0.391 e. The number of aromatic nitrogens is 1. The van der Waals surface area contributed by atoms with Gasteiger partial charge in [-0.2, -0.15) is 5.26 Å². The van der Waals surface area contributed by atoms with Crippen molar-refractivity contribution in [2.24, 2.45) is 0 Å². The first-order chi connectivity index (χ1) is 7.19. The number of nitriles is 1. The summed E-state index contributed by atoms with van der Waals surface area (Å²) in [5.74, 6) is 0.795. The Morgan fingerprint density at radius 3 is 3.00 bits per heavy atom. The molecule has 1 atom stereocenters. The second-order valence-corrected chi connectivity index (χ2v) is 3.86. The van der Waals surface area contributed by atoms with Crippen LogP contribution in [0.25, 0.3) is 0 Å². The predicted molar refractivity (Wildman–Crippen MR) is 56.5 cm³/mol. The van der Waals surface area contributed by atoms with Gasteiger partial charge in [-0.3, -0.25) is 0 Å². The van der Waals surface area contributed by atoms with Gasteiger partial charge in [-0.1, -0.05) is 0 Å². The zero-order valence-corrected chi connectivity index (χ0v) is 8.64. The second-order valence-electron chi connectivity index (χ2n) is 3.86. The molecule has 0 unspecified atom stereocenters. The molecule has 1 N–H and O–H groups in total. The Balaban J connectivity index is 2.29. The number of aliphatic hydroxyl groups is 1. The van der Waals surface area contributed by atoms with Crippen LogP contribution in [0.3, 0.4) is 0 Å². The minimum absolute atomic E-state index is 0.266. The summed E-state index contributed by atoms with van der Waals surface area (Å²) in [6.07, 6.45) is 0.509. The monoisotopic (exact) mass is 203 g/mol. The molecule has 0 spiro atoms. The number of aryl methyl sites for hydroxylation is 1. The summed E-state index contributed by atoms with van der Waals surface area (Å²) in [7, 11) is 0. The van der Waals surface area contributed by atoms with E-state index in [1.807, 2.05) is 11.8 Å². The van der Waals surface area contributed by atoms with Crippen LogP contribution in [-0.4, -0.2) is 29.3 Å². The van der Waals surface area contributed by atoms with Gasteiger partial charge in [0.1, 0.15) is 5.82 Å². The Kier molecular flexibility index (Phi) is 2.57. The summed E-state index contributed by atoms with van der Waals surface area (Å²) in [6, 6.07) is 5.64. The van der Waals surface area contributed by atoms with E-state index in [2.05, 4.69) is 11.1 Å². The van der Waals surface area contributed by atoms with E-state index in [9.17, 15) is 5.11 Å². The van der Waals surface area contributed by atoms with Crippen LogP contribution in [0, 0.1) is 18.3 Å². The summed E-state index contributed by atoms with van der Waals surface area (Å²) in [4.78, 5) is 6.37. The smallest absolute Gasteiger partial charge is 0.130 e. The molecule has 1 fully saturated rings. The highest BCUT2D eigenvalue weighted by Gasteiger charge is 2.21. The molecule has 0 bridgehead atoms. The van der Waals surface area contributed by atoms with E-state index in [-0.39, 0.29) is 6.10 Å². The number of anilines is 1. The predicted octanol–water partition coefficient (Wildman–Crippen LogP) is 0.833. The fraction of sp³-hybridized carbons (Fsp3) is 0.455. The Bertz CT molecular complexity index is 411. The molecular formula is C11H13N3O. The minimum Gasteiger partial charge on any atom is -0.391 e. The lowest BCUT2D eigenvalue weighted by molar-refractivity contribution is 0.198. The minimum atomic E-state index is -0.266. The molecule has 1 saturated heterocycles. The summed E-state index contributed by atoms with van der Waals surface area (Å²) in [5, 5.41) is 18.3. The maximum atomic E-state index is 9.42. The Morgan fingerprint density at radius 1 is 1.60 bits per heavy atom. The maximum Gasteiger partial charge on any atom is 0.130 e. The van der Waals surface area contributed by atoms with Crippen molar-refractivity contribution in [2.75, 3.05) is 18.0 Å². The molecular weight excluding hydrogens is 190 g/mol. The van der Waals surface area contributed by atoms with Gasteiger partial charge in [-0.05, 0) is 25.5 Å². The van der Waals surface area contributed by atoms with Gasteiger partial charge in [0.15, 0.2) is 0 Å². The van der Waals surface area contributed by atoms with E-state index in [1.54, 1.807) is 12.1 Å². The molecule has 0 saturated carbocycles. The van der Waals surface area contributed by atoms with Crippen molar-refractivity contribution in [1.82, 2.24) is 4.98 Å². The Hall–Kier alpha value is -1.60. The molecule has 2 heterocycles. The van der Waals surface area contributed by atoms with Crippen molar-refractivity contribution in [3.8, 4) is 6.07 Å². The number of pyridine rings is 1. The van der Waals surface area contributed by atoms with E-state index in [0.717, 1.165) is 24.5 Å². The second kappa shape index (κ2) is 3.87. The number of hydrogen-bond donors (Lipinski definition) is 1. The van der Waals surface area contributed by atoms with Crippen molar-refractivity contribution >= 4 is 5.82 Å². The number of hydrogen-bond acceptors (Lipinski definition) is 4. The highest BCUT2D eigenvalue weighted by Crippen LogP contribution is 2.19. The summed E-state index contributed by atoms with van der Waals surface area (Å²) < 4.78 is 0. The molecule has 0 radical (unpaired) electrons. The van der Waals surface area contributed by atoms with Crippen molar-refractivity contribution in [1.29, 1.82) is 5.26 Å². The SMILES string of the molecule is Cc1cc(C#N)cc(N2CC[C@@H](O)C2)n1. The van der Waals surface area contributed by atoms with Crippen LogP contribution >= 0.6 is 0 Å². The molecule has 1 aromatic heterocycles. The van der Waals surface area contributed by atoms with E-state index in [1.165, 1.54) is 0 Å². The number of nitrogens with zero attached hydrogens (tertiary/aromatic N) is 3. The van der Waals surface area contributed by atoms with Crippen LogP contribution in [0.15, 0.2) is 12.1 Å². The van der Waals surface area contributed by atoms with Crippen molar-refractivity contribution in [3.63, 3.8) is 0 Å². The average molecular weight is 203 g/mol. The highest BCUT2D eigenvalue weighted by molar-refractivity contribution is 5.47. The summed E-state index contributed by atoms with van der Waals surface area (Å²) in [6.45, 7) is 3.29. The third-order valence-corrected chi connectivity index (χ3v) is 2.56. The first-order valence-electron chi connectivity index (χ1n) is 5.01. The average Bonchev–Trinajstić information content (AvgIpc) is 2.64. The summed E-state index contributed by atoms with van der Waals surface area (Å²) >= 11 is 0. The Labute approximate surface area is 88.8 Å². The van der Waals surface area contributed by atoms with Gasteiger partial charge in [0.05, 0.1) is 17.7 Å². The lowest BCUT2D eigenvalue weighted by atomic mass is 10.2. The van der Waals surface area contributed by atoms with E-state index >= 15 is 0 Å². The quantitative estimate of drug-likeness (QED) is 0.734. The lowest BCUT2D eigenvalue weighted by Gasteiger charge is -2.17. The number of rotatable bonds is 1. The van der Waals surface area contributed by atoms with Crippen molar-refractivity contribution in [3.05, 3.63) is 23.4 Å². The molecule has 0 aliphatic carbocycles. The van der Waals surface area contributed by atoms with Gasteiger partial charge in [-0.15, -0.1) is 0 Å². The van der Waals surface area contributed by atoms with Gasteiger partial charge >= 0.3 is 0 Å². The van der Waals surface area contributed by atoms with Gasteiger partial charge in [0.25, 0.3) is 0 Å². The molecule has 1 aromatic rings. The van der Waals surface area contributed by atoms with Crippen molar-refractivity contribution < 1.29 is 5.11 Å². The third-order valence-electron chi connectivity index (χ3n) is 2.56.